The molecule has 1 aromatic carbocycles. The van der Waals surface area contributed by atoms with Crippen molar-refractivity contribution in [3.8, 4) is 11.3 Å². The summed E-state index contributed by atoms with van der Waals surface area (Å²) in [4.78, 5) is 34.3. The Balaban J connectivity index is 1.82. The van der Waals surface area contributed by atoms with Gasteiger partial charge >= 0.3 is 0 Å². The first-order valence-corrected chi connectivity index (χ1v) is 9.49. The number of benzene rings is 1. The van der Waals surface area contributed by atoms with Crippen LogP contribution < -0.4 is 11.1 Å². The predicted molar refractivity (Wildman–Crippen MR) is 115 cm³/mol. The molecule has 1 atom stereocenters. The minimum atomic E-state index is -0.279. The average molecular weight is 399 g/mol. The van der Waals surface area contributed by atoms with Crippen molar-refractivity contribution < 1.29 is 4.79 Å². The summed E-state index contributed by atoms with van der Waals surface area (Å²) < 4.78 is 0. The maximum atomic E-state index is 13.2. The molecule has 8 nitrogen and oxygen atoms in total. The Hall–Kier alpha value is -3.94. The van der Waals surface area contributed by atoms with Crippen molar-refractivity contribution in [3.05, 3.63) is 71.6 Å². The second kappa shape index (κ2) is 7.82. The molecule has 0 saturated heterocycles. The van der Waals surface area contributed by atoms with Crippen molar-refractivity contribution in [3.63, 3.8) is 0 Å². The number of nitrogen functional groups attached to an aromatic ring is 1. The van der Waals surface area contributed by atoms with Crippen LogP contribution in [0.3, 0.4) is 0 Å². The Labute approximate surface area is 173 Å². The van der Waals surface area contributed by atoms with Crippen LogP contribution in [0, 0.1) is 13.8 Å². The van der Waals surface area contributed by atoms with Gasteiger partial charge in [-0.3, -0.25) is 4.79 Å². The number of hydrogen-bond donors (Lipinski definition) is 2. The zero-order valence-electron chi connectivity index (χ0n) is 16.9. The second-order valence-electron chi connectivity index (χ2n) is 7.12. The highest BCUT2D eigenvalue weighted by Gasteiger charge is 2.18. The van der Waals surface area contributed by atoms with Crippen molar-refractivity contribution in [2.45, 2.75) is 26.8 Å². The number of pyridine rings is 1. The molecule has 0 spiro atoms. The molecule has 0 aliphatic heterocycles. The Morgan fingerprint density at radius 3 is 2.57 bits per heavy atom. The van der Waals surface area contributed by atoms with Gasteiger partial charge in [0.2, 0.25) is 5.95 Å². The lowest BCUT2D eigenvalue weighted by Crippen LogP contribution is -2.27. The van der Waals surface area contributed by atoms with Crippen molar-refractivity contribution in [2.24, 2.45) is 0 Å². The van der Waals surface area contributed by atoms with Gasteiger partial charge in [-0.1, -0.05) is 12.1 Å². The van der Waals surface area contributed by atoms with Crippen molar-refractivity contribution >= 4 is 22.8 Å². The van der Waals surface area contributed by atoms with Crippen molar-refractivity contribution in [2.75, 3.05) is 5.73 Å². The SMILES string of the molecule is Cc1ccc2c(C(=O)NC(C)c3ccncn3)cc(-c3cnc(N)nc3)nc2c1C. The molecule has 1 amide bonds. The summed E-state index contributed by atoms with van der Waals surface area (Å²) in [6, 6.07) is 7.18. The second-order valence-corrected chi connectivity index (χ2v) is 7.12. The van der Waals surface area contributed by atoms with Gasteiger partial charge in [0.15, 0.2) is 0 Å². The summed E-state index contributed by atoms with van der Waals surface area (Å²) >= 11 is 0. The molecule has 0 bridgehead atoms. The fourth-order valence-corrected chi connectivity index (χ4v) is 3.24. The van der Waals surface area contributed by atoms with Gasteiger partial charge in [0, 0.05) is 29.5 Å². The van der Waals surface area contributed by atoms with Gasteiger partial charge in [-0.25, -0.2) is 24.9 Å². The molecule has 150 valence electrons. The molecule has 3 N–H and O–H groups in total. The lowest BCUT2D eigenvalue weighted by Gasteiger charge is -2.16. The van der Waals surface area contributed by atoms with Crippen LogP contribution in [-0.2, 0) is 0 Å². The van der Waals surface area contributed by atoms with E-state index in [0.29, 0.717) is 16.8 Å². The number of nitrogens with zero attached hydrogens (tertiary/aromatic N) is 5. The first-order chi connectivity index (χ1) is 14.4. The van der Waals surface area contributed by atoms with Gasteiger partial charge in [-0.2, -0.15) is 0 Å². The molecule has 4 aromatic rings. The fraction of sp³-hybridized carbons (Fsp3) is 0.182. The monoisotopic (exact) mass is 399 g/mol. The smallest absolute Gasteiger partial charge is 0.252 e. The third-order valence-electron chi connectivity index (χ3n) is 5.11. The summed E-state index contributed by atoms with van der Waals surface area (Å²) in [5.74, 6) is -0.0300. The van der Waals surface area contributed by atoms with E-state index in [1.807, 2.05) is 32.9 Å². The lowest BCUT2D eigenvalue weighted by atomic mass is 9.99. The highest BCUT2D eigenvalue weighted by molar-refractivity contribution is 6.08. The van der Waals surface area contributed by atoms with E-state index < -0.39 is 0 Å². The van der Waals surface area contributed by atoms with Crippen LogP contribution in [0.2, 0.25) is 0 Å². The highest BCUT2D eigenvalue weighted by atomic mass is 16.1. The molecule has 0 fully saturated rings. The van der Waals surface area contributed by atoms with Crippen molar-refractivity contribution in [1.29, 1.82) is 0 Å². The molecule has 0 aliphatic carbocycles. The van der Waals surface area contributed by atoms with E-state index >= 15 is 0 Å². The summed E-state index contributed by atoms with van der Waals surface area (Å²) in [6.07, 6.45) is 6.32. The minimum absolute atomic E-state index is 0.184. The van der Waals surface area contributed by atoms with Gasteiger partial charge in [0.05, 0.1) is 28.5 Å². The van der Waals surface area contributed by atoms with Crippen LogP contribution in [0.25, 0.3) is 22.2 Å². The first kappa shape index (κ1) is 19.4. The van der Waals surface area contributed by atoms with Crippen molar-refractivity contribution in [1.82, 2.24) is 30.2 Å². The quantitative estimate of drug-likeness (QED) is 0.541. The van der Waals surface area contributed by atoms with Gasteiger partial charge in [0.1, 0.15) is 6.33 Å². The third kappa shape index (κ3) is 3.67. The molecular formula is C22H21N7O. The van der Waals surface area contributed by atoms with E-state index in [0.717, 1.165) is 27.7 Å². The first-order valence-electron chi connectivity index (χ1n) is 9.49. The number of nitrogens with one attached hydrogen (secondary N) is 1. The minimum Gasteiger partial charge on any atom is -0.368 e. The summed E-state index contributed by atoms with van der Waals surface area (Å²) in [6.45, 7) is 5.90. The highest BCUT2D eigenvalue weighted by Crippen LogP contribution is 2.28. The van der Waals surface area contributed by atoms with E-state index in [2.05, 4.69) is 25.3 Å². The van der Waals surface area contributed by atoms with E-state index in [-0.39, 0.29) is 17.9 Å². The van der Waals surface area contributed by atoms with Gasteiger partial charge in [-0.15, -0.1) is 0 Å². The van der Waals surface area contributed by atoms with E-state index in [9.17, 15) is 4.79 Å². The molecule has 30 heavy (non-hydrogen) atoms. The molecule has 4 rings (SSSR count). The Morgan fingerprint density at radius 2 is 1.87 bits per heavy atom. The predicted octanol–water partition coefficient (Wildman–Crippen LogP) is 3.17. The third-order valence-corrected chi connectivity index (χ3v) is 5.11. The number of aromatic nitrogens is 5. The van der Waals surface area contributed by atoms with Crippen LogP contribution in [0.5, 0.6) is 0 Å². The van der Waals surface area contributed by atoms with Crippen LogP contribution in [0.4, 0.5) is 5.95 Å². The molecule has 3 heterocycles. The normalized spacial score (nSPS) is 12.0. The van der Waals surface area contributed by atoms with Crippen LogP contribution in [0.1, 0.15) is 40.1 Å². The number of aryl methyl sites for hydroxylation is 2. The maximum Gasteiger partial charge on any atom is 0.252 e. The number of nitrogens with two attached hydrogens (primary N) is 1. The summed E-state index contributed by atoms with van der Waals surface area (Å²) in [7, 11) is 0. The van der Waals surface area contributed by atoms with Gasteiger partial charge < -0.3 is 11.1 Å². The van der Waals surface area contributed by atoms with Gasteiger partial charge in [0.25, 0.3) is 5.91 Å². The Morgan fingerprint density at radius 1 is 1.10 bits per heavy atom. The number of carbonyl (C=O) groups excluding carboxylic acids is 1. The molecule has 8 heteroatoms. The molecule has 1 unspecified atom stereocenters. The molecule has 0 saturated carbocycles. The topological polar surface area (TPSA) is 120 Å². The maximum absolute atomic E-state index is 13.2. The van der Waals surface area contributed by atoms with E-state index in [4.69, 9.17) is 10.7 Å². The molecule has 0 aliphatic rings. The Bertz CT molecular complexity index is 1220. The van der Waals surface area contributed by atoms with Crippen LogP contribution in [-0.4, -0.2) is 30.8 Å². The summed E-state index contributed by atoms with van der Waals surface area (Å²) in [5.41, 5.74) is 11.0. The number of carbonyl (C=O) groups is 1. The number of hydrogen-bond acceptors (Lipinski definition) is 7. The zero-order chi connectivity index (χ0) is 21.3. The average Bonchev–Trinajstić information content (AvgIpc) is 2.76. The van der Waals surface area contributed by atoms with E-state index in [1.54, 1.807) is 30.7 Å². The fourth-order valence-electron chi connectivity index (χ4n) is 3.24. The standard InChI is InChI=1S/C22H21N7O/c1-12-4-5-16-17(21(30)28-14(3)18-6-7-24-11-27-18)8-19(29-20(16)13(12)2)15-9-25-22(23)26-10-15/h4-11,14H,1-3H3,(H,28,30)(H2,23,25,26). The molecular weight excluding hydrogens is 378 g/mol. The zero-order valence-corrected chi connectivity index (χ0v) is 16.9. The number of rotatable bonds is 4. The van der Waals surface area contributed by atoms with Crippen LogP contribution >= 0.6 is 0 Å². The number of anilines is 1. The van der Waals surface area contributed by atoms with E-state index in [1.165, 1.54) is 6.33 Å². The van der Waals surface area contributed by atoms with Crippen LogP contribution in [0.15, 0.2) is 49.2 Å². The molecule has 3 aromatic heterocycles. The largest absolute Gasteiger partial charge is 0.368 e. The lowest BCUT2D eigenvalue weighted by molar-refractivity contribution is 0.0940. The molecule has 0 radical (unpaired) electrons. The number of amides is 1. The summed E-state index contributed by atoms with van der Waals surface area (Å²) in [5, 5.41) is 3.80. The van der Waals surface area contributed by atoms with Gasteiger partial charge in [-0.05, 0) is 44.0 Å². The Kier molecular flexibility index (Phi) is 5.05. The number of fused-ring (bicyclic) bond motifs is 1.